The molecule has 1 aromatic carbocycles. The van der Waals surface area contributed by atoms with Crippen LogP contribution in [-0.2, 0) is 0 Å². The number of aryl methyl sites for hydroxylation is 1. The summed E-state index contributed by atoms with van der Waals surface area (Å²) in [5.74, 6) is 0.280. The number of anilines is 1. The first kappa shape index (κ1) is 11.3. The third kappa shape index (κ3) is 2.47. The maximum atomic E-state index is 10.2. The van der Waals surface area contributed by atoms with Gasteiger partial charge in [0.15, 0.2) is 0 Å². The molecule has 0 spiro atoms. The van der Waals surface area contributed by atoms with Gasteiger partial charge in [-0.15, -0.1) is 0 Å². The number of aromatic hydroxyl groups is 1. The van der Waals surface area contributed by atoms with Crippen molar-refractivity contribution < 1.29 is 10.2 Å². The first-order valence-electron chi connectivity index (χ1n) is 5.85. The molecule has 1 saturated carbocycles. The molecule has 16 heavy (non-hydrogen) atoms. The van der Waals surface area contributed by atoms with Gasteiger partial charge in [-0.3, -0.25) is 0 Å². The molecule has 1 aliphatic carbocycles. The number of aliphatic hydroxyl groups is 1. The zero-order valence-electron chi connectivity index (χ0n) is 9.66. The van der Waals surface area contributed by atoms with E-state index >= 15 is 0 Å². The summed E-state index contributed by atoms with van der Waals surface area (Å²) >= 11 is 0. The predicted molar refractivity (Wildman–Crippen MR) is 64.8 cm³/mol. The summed E-state index contributed by atoms with van der Waals surface area (Å²) in [6.07, 6.45) is 4.01. The molecule has 0 aromatic heterocycles. The Bertz CT molecular complexity index is 370. The summed E-state index contributed by atoms with van der Waals surface area (Å²) in [5.41, 5.74) is 1.45. The molecule has 1 aromatic rings. The van der Waals surface area contributed by atoms with Crippen LogP contribution in [0.5, 0.6) is 5.75 Å². The molecule has 3 N–H and O–H groups in total. The molecule has 1 fully saturated rings. The van der Waals surface area contributed by atoms with Crippen molar-refractivity contribution in [1.82, 2.24) is 0 Å². The third-order valence-electron chi connectivity index (χ3n) is 3.35. The van der Waals surface area contributed by atoms with Crippen LogP contribution in [0.1, 0.15) is 31.2 Å². The quantitative estimate of drug-likeness (QED) is 0.687. The Balaban J connectivity index is 1.99. The summed E-state index contributed by atoms with van der Waals surface area (Å²) in [7, 11) is 0. The molecular formula is C13H19NO2. The molecule has 3 nitrogen and oxygen atoms in total. The highest BCUT2D eigenvalue weighted by Crippen LogP contribution is 2.30. The molecule has 1 aliphatic rings. The zero-order chi connectivity index (χ0) is 11.6. The van der Waals surface area contributed by atoms with E-state index in [0.29, 0.717) is 6.54 Å². The fourth-order valence-corrected chi connectivity index (χ4v) is 2.32. The van der Waals surface area contributed by atoms with Gasteiger partial charge < -0.3 is 15.5 Å². The van der Waals surface area contributed by atoms with E-state index in [1.165, 1.54) is 0 Å². The lowest BCUT2D eigenvalue weighted by molar-refractivity contribution is 0.0614. The van der Waals surface area contributed by atoms with Crippen molar-refractivity contribution in [2.45, 2.75) is 38.2 Å². The average Bonchev–Trinajstić information content (AvgIpc) is 2.64. The zero-order valence-corrected chi connectivity index (χ0v) is 9.66. The highest BCUT2D eigenvalue weighted by atomic mass is 16.3. The monoisotopic (exact) mass is 221 g/mol. The van der Waals surface area contributed by atoms with Gasteiger partial charge in [0.25, 0.3) is 0 Å². The second-order valence-corrected chi connectivity index (χ2v) is 4.78. The summed E-state index contributed by atoms with van der Waals surface area (Å²) in [6.45, 7) is 2.54. The van der Waals surface area contributed by atoms with Gasteiger partial charge in [0.1, 0.15) is 5.75 Å². The first-order valence-corrected chi connectivity index (χ1v) is 5.85. The van der Waals surface area contributed by atoms with E-state index in [2.05, 4.69) is 5.32 Å². The maximum Gasteiger partial charge on any atom is 0.115 e. The second-order valence-electron chi connectivity index (χ2n) is 4.78. The van der Waals surface area contributed by atoms with E-state index in [9.17, 15) is 10.2 Å². The minimum Gasteiger partial charge on any atom is -0.508 e. The van der Waals surface area contributed by atoms with Crippen LogP contribution in [0.3, 0.4) is 0 Å². The van der Waals surface area contributed by atoms with Crippen molar-refractivity contribution >= 4 is 5.69 Å². The molecule has 3 heteroatoms. The van der Waals surface area contributed by atoms with Gasteiger partial charge in [0.2, 0.25) is 0 Å². The van der Waals surface area contributed by atoms with E-state index in [1.54, 1.807) is 12.1 Å². The van der Waals surface area contributed by atoms with Crippen molar-refractivity contribution in [3.63, 3.8) is 0 Å². The van der Waals surface area contributed by atoms with E-state index < -0.39 is 5.60 Å². The molecule has 0 bridgehead atoms. The van der Waals surface area contributed by atoms with Crippen molar-refractivity contribution in [2.75, 3.05) is 11.9 Å². The molecule has 0 amide bonds. The van der Waals surface area contributed by atoms with Crippen LogP contribution in [0.25, 0.3) is 0 Å². The lowest BCUT2D eigenvalue weighted by atomic mass is 10.0. The van der Waals surface area contributed by atoms with E-state index in [1.807, 2.05) is 13.0 Å². The van der Waals surface area contributed by atoms with Crippen LogP contribution in [0, 0.1) is 6.92 Å². The highest BCUT2D eigenvalue weighted by molar-refractivity contribution is 5.53. The molecule has 0 aliphatic heterocycles. The van der Waals surface area contributed by atoms with Crippen molar-refractivity contribution in [3.05, 3.63) is 23.8 Å². The summed E-state index contributed by atoms with van der Waals surface area (Å²) < 4.78 is 0. The molecule has 88 valence electrons. The van der Waals surface area contributed by atoms with Gasteiger partial charge in [0, 0.05) is 12.2 Å². The van der Waals surface area contributed by atoms with Crippen molar-refractivity contribution in [1.29, 1.82) is 0 Å². The van der Waals surface area contributed by atoms with Crippen LogP contribution in [0.2, 0.25) is 0 Å². The molecule has 2 rings (SSSR count). The number of hydrogen-bond donors (Lipinski definition) is 3. The van der Waals surface area contributed by atoms with Crippen molar-refractivity contribution in [2.24, 2.45) is 0 Å². The van der Waals surface area contributed by atoms with Crippen LogP contribution < -0.4 is 5.32 Å². The number of rotatable bonds is 3. The Labute approximate surface area is 96.1 Å². The second kappa shape index (κ2) is 4.34. The number of benzene rings is 1. The van der Waals surface area contributed by atoms with Gasteiger partial charge in [-0.2, -0.15) is 0 Å². The Hall–Kier alpha value is -1.22. The number of phenols is 1. The first-order chi connectivity index (χ1) is 7.59. The molecule has 0 radical (unpaired) electrons. The Morgan fingerprint density at radius 2 is 2.00 bits per heavy atom. The van der Waals surface area contributed by atoms with Gasteiger partial charge >= 0.3 is 0 Å². The van der Waals surface area contributed by atoms with E-state index in [-0.39, 0.29) is 5.75 Å². The van der Waals surface area contributed by atoms with E-state index in [0.717, 1.165) is 36.9 Å². The van der Waals surface area contributed by atoms with Gasteiger partial charge in [-0.25, -0.2) is 0 Å². The van der Waals surface area contributed by atoms with Crippen molar-refractivity contribution in [3.8, 4) is 5.75 Å². The largest absolute Gasteiger partial charge is 0.508 e. The smallest absolute Gasteiger partial charge is 0.115 e. The SMILES string of the molecule is Cc1cc(O)ccc1NCC1(O)CCCC1. The van der Waals surface area contributed by atoms with Gasteiger partial charge in [-0.1, -0.05) is 12.8 Å². The van der Waals surface area contributed by atoms with E-state index in [4.69, 9.17) is 0 Å². The molecule has 0 saturated heterocycles. The molecule has 0 unspecified atom stereocenters. The van der Waals surface area contributed by atoms with Crippen LogP contribution in [0.15, 0.2) is 18.2 Å². The third-order valence-corrected chi connectivity index (χ3v) is 3.35. The van der Waals surface area contributed by atoms with Crippen LogP contribution in [-0.4, -0.2) is 22.4 Å². The summed E-state index contributed by atoms with van der Waals surface area (Å²) in [4.78, 5) is 0. The normalized spacial score (nSPS) is 18.6. The number of phenolic OH excluding ortho intramolecular Hbond substituents is 1. The molecule has 0 atom stereocenters. The van der Waals surface area contributed by atoms with Crippen LogP contribution in [0.4, 0.5) is 5.69 Å². The topological polar surface area (TPSA) is 52.5 Å². The molecular weight excluding hydrogens is 202 g/mol. The standard InChI is InChI=1S/C13H19NO2/c1-10-8-11(15)4-5-12(10)14-9-13(16)6-2-3-7-13/h4-5,8,14-16H,2-3,6-7,9H2,1H3. The Morgan fingerprint density at radius 3 is 2.62 bits per heavy atom. The number of hydrogen-bond acceptors (Lipinski definition) is 3. The van der Waals surface area contributed by atoms with Crippen LogP contribution >= 0.6 is 0 Å². The Morgan fingerprint density at radius 1 is 1.31 bits per heavy atom. The summed E-state index contributed by atoms with van der Waals surface area (Å²) in [6, 6.07) is 5.23. The number of nitrogens with one attached hydrogen (secondary N) is 1. The maximum absolute atomic E-state index is 10.2. The molecule has 0 heterocycles. The minimum atomic E-state index is -0.537. The van der Waals surface area contributed by atoms with Gasteiger partial charge in [0.05, 0.1) is 5.60 Å². The summed E-state index contributed by atoms with van der Waals surface area (Å²) in [5, 5.41) is 22.7. The lowest BCUT2D eigenvalue weighted by Crippen LogP contribution is -2.33. The minimum absolute atomic E-state index is 0.280. The lowest BCUT2D eigenvalue weighted by Gasteiger charge is -2.23. The Kier molecular flexibility index (Phi) is 3.06. The fourth-order valence-electron chi connectivity index (χ4n) is 2.32. The predicted octanol–water partition coefficient (Wildman–Crippen LogP) is 2.42. The van der Waals surface area contributed by atoms with Gasteiger partial charge in [-0.05, 0) is 43.5 Å². The fraction of sp³-hybridized carbons (Fsp3) is 0.538. The highest BCUT2D eigenvalue weighted by Gasteiger charge is 2.30. The average molecular weight is 221 g/mol.